The van der Waals surface area contributed by atoms with Gasteiger partial charge in [0.2, 0.25) is 0 Å². The Balaban J connectivity index is 1.86. The maximum Gasteiger partial charge on any atom is 0.251 e. The summed E-state index contributed by atoms with van der Waals surface area (Å²) >= 11 is 3.32. The van der Waals surface area contributed by atoms with Crippen molar-refractivity contribution in [3.8, 4) is 5.75 Å². The highest BCUT2D eigenvalue weighted by Gasteiger charge is 2.29. The second-order valence-electron chi connectivity index (χ2n) is 6.29. The van der Waals surface area contributed by atoms with Crippen molar-refractivity contribution in [1.29, 1.82) is 0 Å². The number of hydrogen-bond donors (Lipinski definition) is 1. The summed E-state index contributed by atoms with van der Waals surface area (Å²) in [5.74, 6) is -0.306. The Morgan fingerprint density at radius 1 is 1.03 bits per heavy atom. The van der Waals surface area contributed by atoms with Crippen molar-refractivity contribution in [3.05, 3.63) is 98.9 Å². The minimum atomic E-state index is -1.30. The Hall–Kier alpha value is -3.19. The maximum absolute atomic E-state index is 13.1. The van der Waals surface area contributed by atoms with E-state index in [-0.39, 0.29) is 6.54 Å². The second-order valence-corrected chi connectivity index (χ2v) is 7.20. The first kappa shape index (κ1) is 20.5. The lowest BCUT2D eigenvalue weighted by Gasteiger charge is -2.18. The molecule has 6 nitrogen and oxygen atoms in total. The molecular weight excluding hydrogens is 436 g/mol. The molecule has 0 aliphatic heterocycles. The van der Waals surface area contributed by atoms with Gasteiger partial charge in [-0.15, -0.1) is 0 Å². The van der Waals surface area contributed by atoms with Crippen LogP contribution in [0.5, 0.6) is 5.75 Å². The van der Waals surface area contributed by atoms with Gasteiger partial charge in [-0.05, 0) is 35.9 Å². The van der Waals surface area contributed by atoms with E-state index in [0.717, 1.165) is 14.6 Å². The van der Waals surface area contributed by atoms with Gasteiger partial charge in [-0.25, -0.2) is 0 Å². The average molecular weight is 455 g/mol. The number of ketones is 1. The van der Waals surface area contributed by atoms with E-state index >= 15 is 0 Å². The van der Waals surface area contributed by atoms with Crippen LogP contribution in [0.2, 0.25) is 0 Å². The Bertz CT molecular complexity index is 1060. The Kier molecular flexibility index (Phi) is 6.61. The van der Waals surface area contributed by atoms with Crippen LogP contribution in [0.15, 0.2) is 82.2 Å². The van der Waals surface area contributed by atoms with Crippen molar-refractivity contribution in [2.75, 3.05) is 7.11 Å². The molecule has 3 rings (SSSR count). The predicted molar refractivity (Wildman–Crippen MR) is 113 cm³/mol. The Labute approximate surface area is 176 Å². The van der Waals surface area contributed by atoms with Crippen LogP contribution in [-0.2, 0) is 11.3 Å². The third kappa shape index (κ3) is 5.00. The molecule has 0 saturated heterocycles. The zero-order chi connectivity index (χ0) is 20.8. The lowest BCUT2D eigenvalue weighted by Crippen LogP contribution is -2.41. The van der Waals surface area contributed by atoms with E-state index in [9.17, 15) is 14.4 Å². The van der Waals surface area contributed by atoms with Gasteiger partial charge in [-0.3, -0.25) is 19.0 Å². The van der Waals surface area contributed by atoms with Crippen LogP contribution in [0.25, 0.3) is 0 Å². The first-order valence-electron chi connectivity index (χ1n) is 8.87. The van der Waals surface area contributed by atoms with Crippen molar-refractivity contribution in [3.63, 3.8) is 0 Å². The van der Waals surface area contributed by atoms with E-state index in [1.807, 2.05) is 12.1 Å². The number of aromatic nitrogens is 1. The zero-order valence-corrected chi connectivity index (χ0v) is 17.3. The highest BCUT2D eigenvalue weighted by molar-refractivity contribution is 9.10. The molecule has 0 bridgehead atoms. The molecule has 3 aromatic rings. The molecule has 0 saturated carbocycles. The standard InChI is InChI=1S/C22H19BrN2O4/c1-29-18-11-5-15(6-12-18)14-24-22(28)20(25-13-3-2-4-19(25)26)21(27)16-7-9-17(23)10-8-16/h2-13,20H,14H2,1H3,(H,24,28)/t20-/m1/s1. The molecule has 0 aliphatic rings. The average Bonchev–Trinajstić information content (AvgIpc) is 2.74. The molecule has 29 heavy (non-hydrogen) atoms. The highest BCUT2D eigenvalue weighted by atomic mass is 79.9. The van der Waals surface area contributed by atoms with E-state index in [4.69, 9.17) is 4.74 Å². The van der Waals surface area contributed by atoms with Crippen LogP contribution in [0.3, 0.4) is 0 Å². The van der Waals surface area contributed by atoms with Gasteiger partial charge in [-0.1, -0.05) is 46.3 Å². The van der Waals surface area contributed by atoms with Crippen molar-refractivity contribution in [2.45, 2.75) is 12.6 Å². The fourth-order valence-electron chi connectivity index (χ4n) is 2.83. The zero-order valence-electron chi connectivity index (χ0n) is 15.7. The van der Waals surface area contributed by atoms with Crippen LogP contribution in [-0.4, -0.2) is 23.4 Å². The van der Waals surface area contributed by atoms with Crippen molar-refractivity contribution in [1.82, 2.24) is 9.88 Å². The van der Waals surface area contributed by atoms with Crippen LogP contribution in [0, 0.1) is 0 Å². The third-order valence-corrected chi connectivity index (χ3v) is 4.91. The number of carbonyl (C=O) groups excluding carboxylic acids is 2. The number of carbonyl (C=O) groups is 2. The van der Waals surface area contributed by atoms with Crippen molar-refractivity contribution >= 4 is 27.6 Å². The van der Waals surface area contributed by atoms with Gasteiger partial charge in [0.15, 0.2) is 11.8 Å². The van der Waals surface area contributed by atoms with E-state index in [1.54, 1.807) is 55.6 Å². The number of rotatable bonds is 7. The lowest BCUT2D eigenvalue weighted by molar-refractivity contribution is -0.123. The molecule has 2 aromatic carbocycles. The number of nitrogens with one attached hydrogen (secondary N) is 1. The summed E-state index contributed by atoms with van der Waals surface area (Å²) < 4.78 is 7.08. The Morgan fingerprint density at radius 2 is 1.72 bits per heavy atom. The van der Waals surface area contributed by atoms with Crippen LogP contribution in [0.1, 0.15) is 22.0 Å². The van der Waals surface area contributed by atoms with Gasteiger partial charge in [-0.2, -0.15) is 0 Å². The topological polar surface area (TPSA) is 77.4 Å². The third-order valence-electron chi connectivity index (χ3n) is 4.38. The summed E-state index contributed by atoms with van der Waals surface area (Å²) in [6, 6.07) is 17.1. The van der Waals surface area contributed by atoms with Gasteiger partial charge in [0.25, 0.3) is 11.5 Å². The van der Waals surface area contributed by atoms with E-state index in [1.165, 1.54) is 12.3 Å². The molecule has 0 unspecified atom stereocenters. The number of amides is 1. The summed E-state index contributed by atoms with van der Waals surface area (Å²) in [4.78, 5) is 38.4. The maximum atomic E-state index is 13.1. The molecule has 1 N–H and O–H groups in total. The van der Waals surface area contributed by atoms with Crippen LogP contribution in [0.4, 0.5) is 0 Å². The number of hydrogen-bond acceptors (Lipinski definition) is 4. The van der Waals surface area contributed by atoms with Gasteiger partial charge >= 0.3 is 0 Å². The molecular formula is C22H19BrN2O4. The van der Waals surface area contributed by atoms with Crippen LogP contribution < -0.4 is 15.6 Å². The smallest absolute Gasteiger partial charge is 0.251 e. The van der Waals surface area contributed by atoms with Crippen molar-refractivity contribution < 1.29 is 14.3 Å². The second kappa shape index (κ2) is 9.34. The minimum absolute atomic E-state index is 0.217. The number of Topliss-reactive ketones (excluding diaryl/α,β-unsaturated/α-hetero) is 1. The summed E-state index contributed by atoms with van der Waals surface area (Å²) in [7, 11) is 1.58. The molecule has 1 atom stereocenters. The molecule has 0 fully saturated rings. The number of benzene rings is 2. The molecule has 0 aliphatic carbocycles. The fourth-order valence-corrected chi connectivity index (χ4v) is 3.09. The summed E-state index contributed by atoms with van der Waals surface area (Å²) in [5.41, 5.74) is 0.755. The lowest BCUT2D eigenvalue weighted by atomic mass is 10.0. The molecule has 7 heteroatoms. The van der Waals surface area contributed by atoms with Gasteiger partial charge in [0, 0.05) is 28.8 Å². The molecule has 1 amide bonds. The van der Waals surface area contributed by atoms with Crippen LogP contribution >= 0.6 is 15.9 Å². The largest absolute Gasteiger partial charge is 0.497 e. The Morgan fingerprint density at radius 3 is 2.34 bits per heavy atom. The van der Waals surface area contributed by atoms with E-state index in [0.29, 0.717) is 11.3 Å². The molecule has 1 aromatic heterocycles. The number of pyridine rings is 1. The number of nitrogens with zero attached hydrogens (tertiary/aromatic N) is 1. The molecule has 1 heterocycles. The predicted octanol–water partition coefficient (Wildman–Crippen LogP) is 3.36. The summed E-state index contributed by atoms with van der Waals surface area (Å²) in [6.45, 7) is 0.217. The van der Waals surface area contributed by atoms with E-state index in [2.05, 4.69) is 21.2 Å². The first-order chi connectivity index (χ1) is 14.0. The van der Waals surface area contributed by atoms with Gasteiger partial charge in [0.05, 0.1) is 7.11 Å². The van der Waals surface area contributed by atoms with Crippen molar-refractivity contribution in [2.24, 2.45) is 0 Å². The normalized spacial score (nSPS) is 11.5. The molecule has 148 valence electrons. The summed E-state index contributed by atoms with van der Waals surface area (Å²) in [5, 5.41) is 2.75. The van der Waals surface area contributed by atoms with E-state index < -0.39 is 23.3 Å². The quantitative estimate of drug-likeness (QED) is 0.438. The molecule has 0 radical (unpaired) electrons. The highest BCUT2D eigenvalue weighted by Crippen LogP contribution is 2.17. The number of methoxy groups -OCH3 is 1. The number of ether oxygens (including phenoxy) is 1. The SMILES string of the molecule is COc1ccc(CNC(=O)[C@@H](C(=O)c2ccc(Br)cc2)n2ccccc2=O)cc1. The monoisotopic (exact) mass is 454 g/mol. The van der Waals surface area contributed by atoms with Gasteiger partial charge < -0.3 is 10.1 Å². The molecule has 0 spiro atoms. The first-order valence-corrected chi connectivity index (χ1v) is 9.66. The minimum Gasteiger partial charge on any atom is -0.497 e. The summed E-state index contributed by atoms with van der Waals surface area (Å²) in [6.07, 6.45) is 1.44. The number of halogens is 1. The fraction of sp³-hybridized carbons (Fsp3) is 0.136. The van der Waals surface area contributed by atoms with Gasteiger partial charge in [0.1, 0.15) is 5.75 Å².